The third-order valence-electron chi connectivity index (χ3n) is 3.31. The van der Waals surface area contributed by atoms with Crippen molar-refractivity contribution in [3.05, 3.63) is 54.1 Å². The normalized spacial score (nSPS) is 24.6. The van der Waals surface area contributed by atoms with Crippen molar-refractivity contribution in [1.29, 1.82) is 0 Å². The predicted molar refractivity (Wildman–Crippen MR) is 73.8 cm³/mol. The molecule has 0 unspecified atom stereocenters. The molecule has 1 aliphatic rings. The van der Waals surface area contributed by atoms with Crippen LogP contribution in [-0.2, 0) is 15.7 Å². The molecule has 2 atom stereocenters. The monoisotopic (exact) mass is 274 g/mol. The lowest BCUT2D eigenvalue weighted by Crippen LogP contribution is -2.29. The van der Waals surface area contributed by atoms with E-state index in [0.29, 0.717) is 16.4 Å². The van der Waals surface area contributed by atoms with Crippen molar-refractivity contribution in [2.24, 2.45) is 0 Å². The van der Waals surface area contributed by atoms with Gasteiger partial charge in [-0.1, -0.05) is 30.3 Å². The number of fused-ring (bicyclic) bond motifs is 1. The maximum atomic E-state index is 12.7. The van der Waals surface area contributed by atoms with Crippen LogP contribution in [0, 0.1) is 0 Å². The second-order valence-corrected chi connectivity index (χ2v) is 6.25. The average Bonchev–Trinajstić information content (AvgIpc) is 2.72. The molecule has 19 heavy (non-hydrogen) atoms. The van der Waals surface area contributed by atoms with Crippen molar-refractivity contribution in [2.45, 2.75) is 16.8 Å². The van der Waals surface area contributed by atoms with Crippen molar-refractivity contribution < 1.29 is 13.7 Å². The summed E-state index contributed by atoms with van der Waals surface area (Å²) >= 11 is 0. The van der Waals surface area contributed by atoms with Crippen LogP contribution < -0.4 is 9.47 Å². The van der Waals surface area contributed by atoms with E-state index >= 15 is 0 Å². The van der Waals surface area contributed by atoms with E-state index in [1.807, 2.05) is 37.3 Å². The smallest absolute Gasteiger partial charge is 0.210 e. The first-order chi connectivity index (χ1) is 9.15. The molecule has 0 radical (unpaired) electrons. The summed E-state index contributed by atoms with van der Waals surface area (Å²) in [7, 11) is 0.361. The number of benzene rings is 2. The molecule has 4 heteroatoms. The third kappa shape index (κ3) is 1.83. The molecule has 0 amide bonds. The van der Waals surface area contributed by atoms with Gasteiger partial charge in [-0.2, -0.15) is 0 Å². The molecule has 0 N–H and O–H groups in total. The quantitative estimate of drug-likeness (QED) is 0.844. The zero-order valence-electron chi connectivity index (χ0n) is 10.8. The first-order valence-corrected chi connectivity index (χ1v) is 7.14. The molecule has 3 rings (SSSR count). The zero-order valence-corrected chi connectivity index (χ0v) is 11.6. The number of ether oxygens (including phenoxy) is 2. The molecule has 0 fully saturated rings. The largest absolute Gasteiger partial charge is 0.497 e. The number of hydrogen-bond acceptors (Lipinski definition) is 3. The summed E-state index contributed by atoms with van der Waals surface area (Å²) < 4.78 is 23.8. The molecule has 3 nitrogen and oxygen atoms in total. The van der Waals surface area contributed by atoms with Gasteiger partial charge in [-0.05, 0) is 19.1 Å². The van der Waals surface area contributed by atoms with Crippen LogP contribution in [0.25, 0.3) is 0 Å². The zero-order chi connectivity index (χ0) is 13.5. The number of rotatable bonds is 2. The summed E-state index contributed by atoms with van der Waals surface area (Å²) in [5.41, 5.74) is 0.906. The standard InChI is InChI=1S/C15H14O3S/c1-15(11-6-4-3-5-7-11)18-13-10-12(17-2)8-9-14(13)19(15)16/h3-10H,1-2H3/t15-,19+/m0/s1. The van der Waals surface area contributed by atoms with Crippen LogP contribution in [0.2, 0.25) is 0 Å². The van der Waals surface area contributed by atoms with E-state index in [-0.39, 0.29) is 0 Å². The number of hydrogen-bond donors (Lipinski definition) is 0. The summed E-state index contributed by atoms with van der Waals surface area (Å²) in [6.45, 7) is 1.85. The minimum absolute atomic E-state index is 0.629. The Morgan fingerprint density at radius 2 is 1.89 bits per heavy atom. The lowest BCUT2D eigenvalue weighted by Gasteiger charge is -2.22. The summed E-state index contributed by atoms with van der Waals surface area (Å²) in [5, 5.41) is 0. The second-order valence-electron chi connectivity index (χ2n) is 4.50. The van der Waals surface area contributed by atoms with Gasteiger partial charge in [0.1, 0.15) is 22.3 Å². The Kier molecular flexibility index (Phi) is 2.82. The molecular weight excluding hydrogens is 260 g/mol. The maximum Gasteiger partial charge on any atom is 0.210 e. The van der Waals surface area contributed by atoms with Crippen molar-refractivity contribution in [3.63, 3.8) is 0 Å². The minimum atomic E-state index is -1.24. The van der Waals surface area contributed by atoms with Crippen LogP contribution >= 0.6 is 0 Å². The lowest BCUT2D eigenvalue weighted by atomic mass is 10.1. The van der Waals surface area contributed by atoms with E-state index in [2.05, 4.69) is 0 Å². The molecular formula is C15H14O3S. The molecule has 1 heterocycles. The Morgan fingerprint density at radius 1 is 1.16 bits per heavy atom. The van der Waals surface area contributed by atoms with Crippen LogP contribution in [0.4, 0.5) is 0 Å². The van der Waals surface area contributed by atoms with E-state index in [9.17, 15) is 4.21 Å². The van der Waals surface area contributed by atoms with Gasteiger partial charge in [0.25, 0.3) is 0 Å². The van der Waals surface area contributed by atoms with Gasteiger partial charge in [-0.3, -0.25) is 0 Å². The van der Waals surface area contributed by atoms with Crippen LogP contribution in [0.5, 0.6) is 11.5 Å². The molecule has 0 saturated heterocycles. The lowest BCUT2D eigenvalue weighted by molar-refractivity contribution is 0.190. The molecule has 98 valence electrons. The van der Waals surface area contributed by atoms with E-state index in [4.69, 9.17) is 9.47 Å². The summed E-state index contributed by atoms with van der Waals surface area (Å²) in [4.78, 5) is -0.122. The topological polar surface area (TPSA) is 35.5 Å². The molecule has 0 spiro atoms. The van der Waals surface area contributed by atoms with E-state index < -0.39 is 15.7 Å². The highest BCUT2D eigenvalue weighted by Gasteiger charge is 2.44. The first-order valence-electron chi connectivity index (χ1n) is 5.99. The van der Waals surface area contributed by atoms with E-state index in [1.165, 1.54) is 0 Å². The Morgan fingerprint density at radius 3 is 2.58 bits per heavy atom. The maximum absolute atomic E-state index is 12.7. The molecule has 0 aromatic heterocycles. The van der Waals surface area contributed by atoms with Gasteiger partial charge in [-0.25, -0.2) is 4.21 Å². The van der Waals surface area contributed by atoms with Crippen molar-refractivity contribution in [3.8, 4) is 11.5 Å². The van der Waals surface area contributed by atoms with Gasteiger partial charge in [0, 0.05) is 11.6 Å². The fourth-order valence-electron chi connectivity index (χ4n) is 2.21. The van der Waals surface area contributed by atoms with Crippen LogP contribution in [0.3, 0.4) is 0 Å². The van der Waals surface area contributed by atoms with Crippen molar-refractivity contribution in [1.82, 2.24) is 0 Å². The average molecular weight is 274 g/mol. The van der Waals surface area contributed by atoms with Crippen molar-refractivity contribution in [2.75, 3.05) is 7.11 Å². The predicted octanol–water partition coefficient (Wildman–Crippen LogP) is 3.07. The minimum Gasteiger partial charge on any atom is -0.497 e. The fourth-order valence-corrected chi connectivity index (χ4v) is 3.62. The van der Waals surface area contributed by atoms with E-state index in [1.54, 1.807) is 25.3 Å². The first kappa shape index (κ1) is 12.2. The van der Waals surface area contributed by atoms with Crippen LogP contribution in [0.15, 0.2) is 53.4 Å². The molecule has 1 aliphatic heterocycles. The van der Waals surface area contributed by atoms with Crippen molar-refractivity contribution >= 4 is 10.8 Å². The van der Waals surface area contributed by atoms with Gasteiger partial charge >= 0.3 is 0 Å². The second kappa shape index (κ2) is 4.38. The molecule has 0 saturated carbocycles. The Hall–Kier alpha value is -1.81. The summed E-state index contributed by atoms with van der Waals surface area (Å²) in [6.07, 6.45) is 0. The highest BCUT2D eigenvalue weighted by atomic mass is 32.2. The Balaban J connectivity index is 2.08. The summed E-state index contributed by atoms with van der Waals surface area (Å²) in [6, 6.07) is 15.0. The van der Waals surface area contributed by atoms with Gasteiger partial charge < -0.3 is 9.47 Å². The van der Waals surface area contributed by atoms with Crippen LogP contribution in [0.1, 0.15) is 12.5 Å². The molecule has 2 aromatic carbocycles. The van der Waals surface area contributed by atoms with Gasteiger partial charge in [0.05, 0.1) is 12.0 Å². The van der Waals surface area contributed by atoms with Gasteiger partial charge in [0.15, 0.2) is 0 Å². The van der Waals surface area contributed by atoms with Gasteiger partial charge in [-0.15, -0.1) is 0 Å². The third-order valence-corrected chi connectivity index (χ3v) is 5.07. The highest BCUT2D eigenvalue weighted by molar-refractivity contribution is 7.86. The Bertz CT molecular complexity index is 639. The fraction of sp³-hybridized carbons (Fsp3) is 0.200. The van der Waals surface area contributed by atoms with E-state index in [0.717, 1.165) is 5.56 Å². The molecule has 2 aromatic rings. The molecule has 0 bridgehead atoms. The highest BCUT2D eigenvalue weighted by Crippen LogP contribution is 2.45. The molecule has 0 aliphatic carbocycles. The Labute approximate surface area is 114 Å². The van der Waals surface area contributed by atoms with Crippen LogP contribution in [-0.4, -0.2) is 11.3 Å². The summed E-state index contributed by atoms with van der Waals surface area (Å²) in [5.74, 6) is 1.33. The van der Waals surface area contributed by atoms with Gasteiger partial charge in [0.2, 0.25) is 4.93 Å². The SMILES string of the molecule is COc1ccc2c(c1)O[C@](C)(c1ccccc1)[S@@]2=O. The number of methoxy groups -OCH3 is 1.